The van der Waals surface area contributed by atoms with Crippen molar-refractivity contribution in [2.45, 2.75) is 90.4 Å². The van der Waals surface area contributed by atoms with E-state index in [0.29, 0.717) is 17.8 Å². The fourth-order valence-corrected chi connectivity index (χ4v) is 7.67. The summed E-state index contributed by atoms with van der Waals surface area (Å²) in [7, 11) is 0. The van der Waals surface area contributed by atoms with E-state index in [9.17, 15) is 9.90 Å². The number of fused-ring (bicyclic) bond motifs is 5. The second kappa shape index (κ2) is 6.93. The zero-order valence-corrected chi connectivity index (χ0v) is 17.3. The molecule has 26 heavy (non-hydrogen) atoms. The van der Waals surface area contributed by atoms with Gasteiger partial charge in [0, 0.05) is 18.4 Å². The summed E-state index contributed by atoms with van der Waals surface area (Å²) in [4.78, 5) is 11.5. The van der Waals surface area contributed by atoms with Crippen molar-refractivity contribution in [3.8, 4) is 0 Å². The summed E-state index contributed by atoms with van der Waals surface area (Å²) in [5.41, 5.74) is 6.57. The molecule has 0 aliphatic heterocycles. The highest BCUT2D eigenvalue weighted by atomic mass is 35.5. The van der Waals surface area contributed by atoms with Crippen molar-refractivity contribution < 1.29 is 14.6 Å². The van der Waals surface area contributed by atoms with Crippen LogP contribution in [0.1, 0.15) is 72.1 Å². The van der Waals surface area contributed by atoms with Gasteiger partial charge in [0.2, 0.25) is 0 Å². The first-order valence-corrected chi connectivity index (χ1v) is 10.4. The van der Waals surface area contributed by atoms with Gasteiger partial charge in [-0.3, -0.25) is 4.79 Å². The predicted molar refractivity (Wildman–Crippen MR) is 104 cm³/mol. The van der Waals surface area contributed by atoms with Crippen LogP contribution in [-0.2, 0) is 9.53 Å². The van der Waals surface area contributed by atoms with Crippen molar-refractivity contribution in [2.24, 2.45) is 40.2 Å². The summed E-state index contributed by atoms with van der Waals surface area (Å²) in [5.74, 6) is 2.63. The Bertz CT molecular complexity index is 557. The molecule has 4 rings (SSSR count). The van der Waals surface area contributed by atoms with Crippen LogP contribution in [0.25, 0.3) is 0 Å². The molecule has 5 heteroatoms. The summed E-state index contributed by atoms with van der Waals surface area (Å²) >= 11 is 0. The third kappa shape index (κ3) is 2.91. The topological polar surface area (TPSA) is 72.5 Å². The lowest BCUT2D eigenvalue weighted by molar-refractivity contribution is -0.164. The Morgan fingerprint density at radius 1 is 1.08 bits per heavy atom. The second-order valence-electron chi connectivity index (χ2n) is 10.0. The van der Waals surface area contributed by atoms with Crippen LogP contribution in [0.15, 0.2) is 0 Å². The quantitative estimate of drug-likeness (QED) is 0.675. The molecule has 0 spiro atoms. The molecular formula is C21H36ClNO3. The Morgan fingerprint density at radius 2 is 1.77 bits per heavy atom. The molecule has 4 fully saturated rings. The lowest BCUT2D eigenvalue weighted by Crippen LogP contribution is -2.58. The minimum absolute atomic E-state index is 0. The van der Waals surface area contributed by atoms with E-state index < -0.39 is 0 Å². The minimum Gasteiger partial charge on any atom is -0.462 e. The molecule has 0 aromatic carbocycles. The maximum atomic E-state index is 11.5. The van der Waals surface area contributed by atoms with Crippen molar-refractivity contribution in [2.75, 3.05) is 0 Å². The number of esters is 1. The van der Waals surface area contributed by atoms with Crippen LogP contribution < -0.4 is 5.73 Å². The van der Waals surface area contributed by atoms with Gasteiger partial charge in [-0.05, 0) is 80.5 Å². The third-order valence-electron chi connectivity index (χ3n) is 8.99. The summed E-state index contributed by atoms with van der Waals surface area (Å²) in [6.07, 6.45) is 8.75. The number of ether oxygens (including phenoxy) is 1. The van der Waals surface area contributed by atoms with Gasteiger partial charge in [0.15, 0.2) is 0 Å². The summed E-state index contributed by atoms with van der Waals surface area (Å²) in [5, 5.41) is 10.5. The van der Waals surface area contributed by atoms with Gasteiger partial charge in [-0.15, -0.1) is 12.4 Å². The highest BCUT2D eigenvalue weighted by Gasteiger charge is 2.61. The van der Waals surface area contributed by atoms with E-state index in [1.807, 2.05) is 0 Å². The average molecular weight is 386 g/mol. The lowest BCUT2D eigenvalue weighted by Gasteiger charge is -2.61. The van der Waals surface area contributed by atoms with Crippen LogP contribution in [0.5, 0.6) is 0 Å². The number of halogens is 1. The highest BCUT2D eigenvalue weighted by Crippen LogP contribution is 2.66. The molecule has 0 heterocycles. The summed E-state index contributed by atoms with van der Waals surface area (Å²) in [6.45, 7) is 6.35. The zero-order valence-electron chi connectivity index (χ0n) is 16.4. The monoisotopic (exact) mass is 385 g/mol. The molecule has 3 N–H and O–H groups in total. The molecule has 0 bridgehead atoms. The van der Waals surface area contributed by atoms with Gasteiger partial charge in [0.25, 0.3) is 0 Å². The summed E-state index contributed by atoms with van der Waals surface area (Å²) < 4.78 is 5.73. The number of rotatable bonds is 1. The summed E-state index contributed by atoms with van der Waals surface area (Å²) in [6, 6.07) is -0.0386. The molecule has 0 amide bonds. The molecule has 4 aliphatic rings. The zero-order chi connectivity index (χ0) is 18.0. The number of nitrogens with two attached hydrogens (primary N) is 1. The Morgan fingerprint density at radius 3 is 2.46 bits per heavy atom. The van der Waals surface area contributed by atoms with Gasteiger partial charge in [0.05, 0.1) is 6.10 Å². The molecule has 9 atom stereocenters. The van der Waals surface area contributed by atoms with Crippen LogP contribution in [-0.4, -0.2) is 29.3 Å². The Kier molecular flexibility index (Phi) is 5.44. The van der Waals surface area contributed by atoms with Crippen molar-refractivity contribution in [3.05, 3.63) is 0 Å². The van der Waals surface area contributed by atoms with Crippen molar-refractivity contribution in [3.63, 3.8) is 0 Å². The SMILES string of the molecule is CC(=O)O[C@H]1CC[C@H]2[C@@H]3CC[C@H]4C[C@@H](N)[C@@H](O)C[C@]4(C)[C@H]3CC[C@]12C.Cl. The number of hydrogen-bond donors (Lipinski definition) is 2. The third-order valence-corrected chi connectivity index (χ3v) is 8.99. The molecular weight excluding hydrogens is 350 g/mol. The van der Waals surface area contributed by atoms with E-state index in [1.165, 1.54) is 25.7 Å². The molecule has 0 saturated heterocycles. The largest absolute Gasteiger partial charge is 0.462 e. The average Bonchev–Trinajstić information content (AvgIpc) is 2.85. The van der Waals surface area contributed by atoms with E-state index in [-0.39, 0.29) is 47.5 Å². The van der Waals surface area contributed by atoms with Crippen LogP contribution in [0.4, 0.5) is 0 Å². The number of carbonyl (C=O) groups is 1. The van der Waals surface area contributed by atoms with E-state index >= 15 is 0 Å². The van der Waals surface area contributed by atoms with Crippen molar-refractivity contribution in [1.82, 2.24) is 0 Å². The fraction of sp³-hybridized carbons (Fsp3) is 0.952. The van der Waals surface area contributed by atoms with Crippen LogP contribution >= 0.6 is 12.4 Å². The van der Waals surface area contributed by atoms with Gasteiger partial charge < -0.3 is 15.6 Å². The van der Waals surface area contributed by atoms with E-state index in [4.69, 9.17) is 10.5 Å². The number of carbonyl (C=O) groups excluding carboxylic acids is 1. The fourth-order valence-electron chi connectivity index (χ4n) is 7.67. The Hall–Kier alpha value is -0.320. The standard InChI is InChI=1S/C21H35NO3.ClH/c1-12(23)25-19-7-6-15-14-5-4-13-10-17(22)18(24)11-21(13,3)16(14)8-9-20(15,19)2;/h13-19,24H,4-11,22H2,1-3H3;1H/t13-,14-,15-,16-,17+,18-,19-,20-,21-;/m0./s1. The molecule has 0 unspecified atom stereocenters. The number of aliphatic hydroxyl groups excluding tert-OH is 1. The predicted octanol–water partition coefficient (Wildman–Crippen LogP) is 3.68. The van der Waals surface area contributed by atoms with Gasteiger partial charge in [-0.2, -0.15) is 0 Å². The number of aliphatic hydroxyl groups is 1. The molecule has 4 saturated carbocycles. The molecule has 4 nitrogen and oxygen atoms in total. The van der Waals surface area contributed by atoms with Crippen molar-refractivity contribution >= 4 is 18.4 Å². The smallest absolute Gasteiger partial charge is 0.302 e. The van der Waals surface area contributed by atoms with Gasteiger partial charge >= 0.3 is 5.97 Å². The highest BCUT2D eigenvalue weighted by molar-refractivity contribution is 5.85. The first-order valence-electron chi connectivity index (χ1n) is 10.4. The Balaban J connectivity index is 0.00000196. The lowest BCUT2D eigenvalue weighted by atomic mass is 9.44. The second-order valence-corrected chi connectivity index (χ2v) is 10.0. The van der Waals surface area contributed by atoms with E-state index in [1.54, 1.807) is 6.92 Å². The minimum atomic E-state index is -0.342. The maximum absolute atomic E-state index is 11.5. The van der Waals surface area contributed by atoms with Crippen LogP contribution in [0.3, 0.4) is 0 Å². The van der Waals surface area contributed by atoms with E-state index in [2.05, 4.69) is 13.8 Å². The first-order chi connectivity index (χ1) is 11.8. The van der Waals surface area contributed by atoms with Gasteiger partial charge in [-0.25, -0.2) is 0 Å². The van der Waals surface area contributed by atoms with Gasteiger partial charge in [-0.1, -0.05) is 13.8 Å². The van der Waals surface area contributed by atoms with Gasteiger partial charge in [0.1, 0.15) is 6.10 Å². The maximum Gasteiger partial charge on any atom is 0.302 e. The normalized spacial score (nSPS) is 52.9. The molecule has 0 aromatic rings. The van der Waals surface area contributed by atoms with E-state index in [0.717, 1.165) is 31.6 Å². The van der Waals surface area contributed by atoms with Crippen LogP contribution in [0.2, 0.25) is 0 Å². The van der Waals surface area contributed by atoms with Crippen molar-refractivity contribution in [1.29, 1.82) is 0 Å². The molecule has 4 aliphatic carbocycles. The molecule has 0 aromatic heterocycles. The molecule has 150 valence electrons. The first kappa shape index (κ1) is 20.4. The molecule has 0 radical (unpaired) electrons. The number of hydrogen-bond acceptors (Lipinski definition) is 4. The Labute approximate surface area is 164 Å². The van der Waals surface area contributed by atoms with Crippen LogP contribution in [0, 0.1) is 34.5 Å².